The molecule has 1 aromatic heterocycles. The van der Waals surface area contributed by atoms with E-state index in [1.807, 2.05) is 11.3 Å². The van der Waals surface area contributed by atoms with E-state index in [-0.39, 0.29) is 0 Å². The van der Waals surface area contributed by atoms with Gasteiger partial charge in [-0.15, -0.1) is 11.3 Å². The maximum Gasteiger partial charge on any atom is 0.0455 e. The predicted molar refractivity (Wildman–Crippen MR) is 107 cm³/mol. The lowest BCUT2D eigenvalue weighted by Crippen LogP contribution is -2.46. The fraction of sp³-hybridized carbons (Fsp3) is 0.600. The second kappa shape index (κ2) is 8.84. The number of hydrogen-bond acceptors (Lipinski definition) is 4. The van der Waals surface area contributed by atoms with Crippen LogP contribution >= 0.6 is 11.3 Å². The topological polar surface area (TPSA) is 32.5 Å². The molecule has 132 valence electrons. The molecule has 1 saturated heterocycles. The van der Waals surface area contributed by atoms with Crippen molar-refractivity contribution in [1.82, 2.24) is 4.90 Å². The van der Waals surface area contributed by atoms with Gasteiger partial charge in [0.15, 0.2) is 0 Å². The molecular formula is C20H31N3S. The highest BCUT2D eigenvalue weighted by Gasteiger charge is 2.17. The van der Waals surface area contributed by atoms with Gasteiger partial charge < -0.3 is 15.5 Å². The summed E-state index contributed by atoms with van der Waals surface area (Å²) >= 11 is 1.83. The van der Waals surface area contributed by atoms with Crippen molar-refractivity contribution >= 4 is 27.1 Å². The molecule has 1 aliphatic heterocycles. The van der Waals surface area contributed by atoms with Gasteiger partial charge in [0.05, 0.1) is 0 Å². The van der Waals surface area contributed by atoms with E-state index in [4.69, 9.17) is 5.73 Å². The van der Waals surface area contributed by atoms with Crippen LogP contribution in [-0.4, -0.2) is 43.7 Å². The molecule has 4 rings (SSSR count). The van der Waals surface area contributed by atoms with E-state index in [1.165, 1.54) is 67.5 Å². The number of piperazine rings is 1. The van der Waals surface area contributed by atoms with Crippen LogP contribution in [0.15, 0.2) is 29.6 Å². The smallest absolute Gasteiger partial charge is 0.0455 e. The SMILES string of the molecule is CCN1CCN(c2cccc3sccc23)CC1.NC1CCCCC1. The number of fused-ring (bicyclic) bond motifs is 1. The van der Waals surface area contributed by atoms with Crippen LogP contribution in [0.3, 0.4) is 0 Å². The molecule has 0 unspecified atom stereocenters. The summed E-state index contributed by atoms with van der Waals surface area (Å²) in [6, 6.07) is 9.44. The van der Waals surface area contributed by atoms with E-state index < -0.39 is 0 Å². The van der Waals surface area contributed by atoms with Gasteiger partial charge in [-0.2, -0.15) is 0 Å². The van der Waals surface area contributed by atoms with Gasteiger partial charge in [-0.1, -0.05) is 32.3 Å². The summed E-state index contributed by atoms with van der Waals surface area (Å²) in [6.45, 7) is 8.12. The molecule has 0 spiro atoms. The average Bonchev–Trinajstić information content (AvgIpc) is 3.12. The van der Waals surface area contributed by atoms with Crippen molar-refractivity contribution in [3.8, 4) is 0 Å². The van der Waals surface area contributed by atoms with Gasteiger partial charge >= 0.3 is 0 Å². The fourth-order valence-electron chi connectivity index (χ4n) is 3.69. The average molecular weight is 346 g/mol. The van der Waals surface area contributed by atoms with Gasteiger partial charge in [-0.3, -0.25) is 0 Å². The van der Waals surface area contributed by atoms with Crippen molar-refractivity contribution < 1.29 is 0 Å². The van der Waals surface area contributed by atoms with E-state index in [9.17, 15) is 0 Å². The minimum absolute atomic E-state index is 0.536. The van der Waals surface area contributed by atoms with E-state index in [0.29, 0.717) is 6.04 Å². The molecular weight excluding hydrogens is 314 g/mol. The molecule has 2 N–H and O–H groups in total. The van der Waals surface area contributed by atoms with Crippen molar-refractivity contribution in [3.63, 3.8) is 0 Å². The molecule has 4 heteroatoms. The largest absolute Gasteiger partial charge is 0.368 e. The molecule has 0 atom stereocenters. The molecule has 1 aromatic carbocycles. The van der Waals surface area contributed by atoms with Gasteiger partial charge in [-0.05, 0) is 43.0 Å². The summed E-state index contributed by atoms with van der Waals surface area (Å²) in [4.78, 5) is 5.05. The normalized spacial score (nSPS) is 20.0. The zero-order valence-corrected chi connectivity index (χ0v) is 15.7. The first kappa shape index (κ1) is 17.7. The number of hydrogen-bond donors (Lipinski definition) is 1. The van der Waals surface area contributed by atoms with E-state index in [1.54, 1.807) is 0 Å². The summed E-state index contributed by atoms with van der Waals surface area (Å²) in [7, 11) is 0. The molecule has 2 aromatic rings. The molecule has 2 aliphatic rings. The minimum Gasteiger partial charge on any atom is -0.368 e. The Labute approximate surface area is 150 Å². The standard InChI is InChI=1S/C14H18N2S.C6H13N/c1-2-15-7-9-16(10-8-15)13-4-3-5-14-12(13)6-11-17-14;7-6-4-2-1-3-5-6/h3-6,11H,2,7-10H2,1H3;6H,1-5,7H2. The predicted octanol–water partition coefficient (Wildman–Crippen LogP) is 4.32. The number of benzene rings is 1. The van der Waals surface area contributed by atoms with Gasteiger partial charge in [-0.25, -0.2) is 0 Å². The first-order valence-corrected chi connectivity index (χ1v) is 10.3. The Morgan fingerprint density at radius 2 is 1.79 bits per heavy atom. The van der Waals surface area contributed by atoms with Crippen molar-refractivity contribution in [3.05, 3.63) is 29.6 Å². The lowest BCUT2D eigenvalue weighted by Gasteiger charge is -2.35. The van der Waals surface area contributed by atoms with E-state index in [0.717, 1.165) is 13.1 Å². The Bertz CT molecular complexity index is 610. The summed E-state index contributed by atoms with van der Waals surface area (Å²) < 4.78 is 1.40. The number of nitrogens with two attached hydrogens (primary N) is 1. The monoisotopic (exact) mass is 345 g/mol. The highest BCUT2D eigenvalue weighted by atomic mass is 32.1. The second-order valence-corrected chi connectivity index (χ2v) is 7.88. The number of thiophene rings is 1. The Morgan fingerprint density at radius 1 is 1.04 bits per heavy atom. The first-order chi connectivity index (χ1) is 11.8. The lowest BCUT2D eigenvalue weighted by atomic mass is 9.97. The maximum atomic E-state index is 5.63. The third-order valence-corrected chi connectivity index (χ3v) is 6.16. The summed E-state index contributed by atoms with van der Waals surface area (Å²) in [5, 5.41) is 3.61. The first-order valence-electron chi connectivity index (χ1n) is 9.47. The summed E-state index contributed by atoms with van der Waals surface area (Å²) in [6.07, 6.45) is 6.66. The molecule has 1 saturated carbocycles. The third-order valence-electron chi connectivity index (χ3n) is 5.28. The van der Waals surface area contributed by atoms with Crippen LogP contribution in [-0.2, 0) is 0 Å². The zero-order valence-electron chi connectivity index (χ0n) is 14.9. The van der Waals surface area contributed by atoms with E-state index in [2.05, 4.69) is 46.4 Å². The Kier molecular flexibility index (Phi) is 6.52. The summed E-state index contributed by atoms with van der Waals surface area (Å²) in [5.74, 6) is 0. The van der Waals surface area contributed by atoms with Crippen LogP contribution in [0.25, 0.3) is 10.1 Å². The van der Waals surface area contributed by atoms with Crippen molar-refractivity contribution in [2.24, 2.45) is 5.73 Å². The van der Waals surface area contributed by atoms with Crippen molar-refractivity contribution in [2.75, 3.05) is 37.6 Å². The van der Waals surface area contributed by atoms with Gasteiger partial charge in [0.2, 0.25) is 0 Å². The van der Waals surface area contributed by atoms with Gasteiger partial charge in [0.1, 0.15) is 0 Å². The molecule has 0 amide bonds. The summed E-state index contributed by atoms with van der Waals surface area (Å²) in [5.41, 5.74) is 7.05. The third kappa shape index (κ3) is 4.50. The fourth-order valence-corrected chi connectivity index (χ4v) is 4.50. The van der Waals surface area contributed by atoms with Crippen LogP contribution < -0.4 is 10.6 Å². The van der Waals surface area contributed by atoms with Crippen molar-refractivity contribution in [2.45, 2.75) is 45.1 Å². The number of nitrogens with zero attached hydrogens (tertiary/aromatic N) is 2. The zero-order chi connectivity index (χ0) is 16.8. The van der Waals surface area contributed by atoms with E-state index >= 15 is 0 Å². The quantitative estimate of drug-likeness (QED) is 0.880. The van der Waals surface area contributed by atoms with Crippen molar-refractivity contribution in [1.29, 1.82) is 0 Å². The van der Waals surface area contributed by atoms with Crippen LogP contribution in [0.2, 0.25) is 0 Å². The van der Waals surface area contributed by atoms with Crippen LogP contribution in [0, 0.1) is 0 Å². The Balaban J connectivity index is 0.000000203. The molecule has 0 bridgehead atoms. The molecule has 24 heavy (non-hydrogen) atoms. The number of likely N-dealkylation sites (N-methyl/N-ethyl adjacent to an activating group) is 1. The van der Waals surface area contributed by atoms with Crippen LogP contribution in [0.4, 0.5) is 5.69 Å². The molecule has 2 heterocycles. The van der Waals surface area contributed by atoms with Crippen LogP contribution in [0.5, 0.6) is 0 Å². The van der Waals surface area contributed by atoms with Crippen LogP contribution in [0.1, 0.15) is 39.0 Å². The maximum absolute atomic E-state index is 5.63. The number of rotatable bonds is 2. The van der Waals surface area contributed by atoms with Gasteiger partial charge in [0.25, 0.3) is 0 Å². The Hall–Kier alpha value is -1.10. The Morgan fingerprint density at radius 3 is 2.42 bits per heavy atom. The minimum atomic E-state index is 0.536. The highest BCUT2D eigenvalue weighted by Crippen LogP contribution is 2.30. The molecule has 3 nitrogen and oxygen atoms in total. The molecule has 2 fully saturated rings. The highest BCUT2D eigenvalue weighted by molar-refractivity contribution is 7.17. The lowest BCUT2D eigenvalue weighted by molar-refractivity contribution is 0.271. The van der Waals surface area contributed by atoms with Gasteiger partial charge in [0, 0.05) is 48.0 Å². The second-order valence-electron chi connectivity index (χ2n) is 6.93. The molecule has 0 radical (unpaired) electrons. The molecule has 1 aliphatic carbocycles. The number of anilines is 1.